The van der Waals surface area contributed by atoms with Gasteiger partial charge in [0.05, 0.1) is 17.9 Å². The first kappa shape index (κ1) is 17.6. The largest absolute Gasteiger partial charge is 0.460 e. The van der Waals surface area contributed by atoms with E-state index in [0.29, 0.717) is 18.1 Å². The fraction of sp³-hybridized carbons (Fsp3) is 0.250. The number of para-hydroxylation sites is 1. The molecule has 0 aliphatic heterocycles. The van der Waals surface area contributed by atoms with Gasteiger partial charge in [-0.1, -0.05) is 30.0 Å². The van der Waals surface area contributed by atoms with E-state index in [1.807, 2.05) is 6.07 Å². The minimum atomic E-state index is -0.446. The Bertz CT molecular complexity index is 1150. The lowest BCUT2D eigenvalue weighted by atomic mass is 10.1. The molecule has 0 radical (unpaired) electrons. The quantitative estimate of drug-likeness (QED) is 0.373. The molecule has 0 spiro atoms. The summed E-state index contributed by atoms with van der Waals surface area (Å²) in [6.45, 7) is 6.26. The minimum absolute atomic E-state index is 0.218. The number of pyridine rings is 1. The monoisotopic (exact) mass is 381 g/mol. The molecule has 27 heavy (non-hydrogen) atoms. The zero-order valence-corrected chi connectivity index (χ0v) is 16.2. The molecule has 6 nitrogen and oxygen atoms in total. The summed E-state index contributed by atoms with van der Waals surface area (Å²) in [4.78, 5) is 11.7. The van der Waals surface area contributed by atoms with Gasteiger partial charge in [-0.05, 0) is 50.1 Å². The van der Waals surface area contributed by atoms with Crippen molar-refractivity contribution >= 4 is 34.3 Å². The number of hydrogen-bond acceptors (Lipinski definition) is 6. The maximum Gasteiger partial charge on any atom is 0.374 e. The summed E-state index contributed by atoms with van der Waals surface area (Å²) in [7, 11) is 0. The number of carbonyl (C=O) groups excluding carboxylic acids is 1. The second-order valence-electron chi connectivity index (χ2n) is 6.25. The van der Waals surface area contributed by atoms with Gasteiger partial charge in [0.15, 0.2) is 10.8 Å². The van der Waals surface area contributed by atoms with Crippen LogP contribution in [0.5, 0.6) is 0 Å². The number of esters is 1. The highest BCUT2D eigenvalue weighted by Gasteiger charge is 2.15. The number of furan rings is 1. The van der Waals surface area contributed by atoms with Crippen LogP contribution in [0.25, 0.3) is 16.6 Å². The van der Waals surface area contributed by atoms with E-state index in [1.165, 1.54) is 28.3 Å². The molecule has 1 aromatic carbocycles. The van der Waals surface area contributed by atoms with Crippen LogP contribution in [0.15, 0.2) is 46.0 Å². The molecule has 4 aromatic rings. The maximum absolute atomic E-state index is 11.7. The zero-order chi connectivity index (χ0) is 19.0. The third-order valence-electron chi connectivity index (χ3n) is 4.37. The molecule has 0 bridgehead atoms. The van der Waals surface area contributed by atoms with Gasteiger partial charge >= 0.3 is 5.97 Å². The van der Waals surface area contributed by atoms with Crippen LogP contribution in [-0.2, 0) is 10.5 Å². The van der Waals surface area contributed by atoms with Crippen LogP contribution in [0, 0.1) is 13.8 Å². The molecular weight excluding hydrogens is 362 g/mol. The highest BCUT2D eigenvalue weighted by Crippen LogP contribution is 2.29. The Hall–Kier alpha value is -2.80. The van der Waals surface area contributed by atoms with Crippen molar-refractivity contribution in [1.29, 1.82) is 0 Å². The third kappa shape index (κ3) is 3.19. The number of fused-ring (bicyclic) bond motifs is 3. The summed E-state index contributed by atoms with van der Waals surface area (Å²) < 4.78 is 12.6. The second-order valence-corrected chi connectivity index (χ2v) is 7.19. The Kier molecular flexibility index (Phi) is 4.61. The van der Waals surface area contributed by atoms with Crippen molar-refractivity contribution in [2.75, 3.05) is 6.61 Å². The third-order valence-corrected chi connectivity index (χ3v) is 5.32. The summed E-state index contributed by atoms with van der Waals surface area (Å²) >= 11 is 1.52. The molecule has 0 saturated carbocycles. The van der Waals surface area contributed by atoms with Gasteiger partial charge in [-0.25, -0.2) is 4.79 Å². The van der Waals surface area contributed by atoms with Gasteiger partial charge in [0, 0.05) is 5.39 Å². The molecule has 0 saturated heterocycles. The van der Waals surface area contributed by atoms with Gasteiger partial charge in [0.2, 0.25) is 5.76 Å². The molecule has 0 aliphatic carbocycles. The lowest BCUT2D eigenvalue weighted by Gasteiger charge is -2.09. The van der Waals surface area contributed by atoms with Gasteiger partial charge < -0.3 is 9.15 Å². The number of hydrogen-bond donors (Lipinski definition) is 0. The van der Waals surface area contributed by atoms with E-state index in [9.17, 15) is 4.79 Å². The van der Waals surface area contributed by atoms with Crippen molar-refractivity contribution in [2.45, 2.75) is 31.7 Å². The van der Waals surface area contributed by atoms with Crippen LogP contribution in [0.3, 0.4) is 0 Å². The van der Waals surface area contributed by atoms with E-state index >= 15 is 0 Å². The van der Waals surface area contributed by atoms with E-state index in [1.54, 1.807) is 19.1 Å². The predicted octanol–water partition coefficient (Wildman–Crippen LogP) is 4.56. The fourth-order valence-corrected chi connectivity index (χ4v) is 3.97. The first-order valence-electron chi connectivity index (χ1n) is 8.71. The Morgan fingerprint density at radius 2 is 2.04 bits per heavy atom. The van der Waals surface area contributed by atoms with Gasteiger partial charge in [-0.2, -0.15) is 0 Å². The van der Waals surface area contributed by atoms with E-state index in [-0.39, 0.29) is 5.76 Å². The molecule has 0 atom stereocenters. The van der Waals surface area contributed by atoms with Crippen molar-refractivity contribution in [1.82, 2.24) is 14.6 Å². The number of thioether (sulfide) groups is 1. The van der Waals surface area contributed by atoms with Crippen molar-refractivity contribution in [2.24, 2.45) is 0 Å². The van der Waals surface area contributed by atoms with Crippen molar-refractivity contribution in [3.05, 3.63) is 59.0 Å². The van der Waals surface area contributed by atoms with Crippen LogP contribution in [-0.4, -0.2) is 27.2 Å². The Balaban J connectivity index is 1.66. The minimum Gasteiger partial charge on any atom is -0.460 e. The van der Waals surface area contributed by atoms with Crippen LogP contribution in [0.2, 0.25) is 0 Å². The molecule has 0 amide bonds. The fourth-order valence-electron chi connectivity index (χ4n) is 3.13. The van der Waals surface area contributed by atoms with Crippen molar-refractivity contribution < 1.29 is 13.9 Å². The van der Waals surface area contributed by atoms with Crippen molar-refractivity contribution in [3.8, 4) is 0 Å². The normalized spacial score (nSPS) is 11.4. The SMILES string of the molecule is CCOC(=O)c1ccc(CSc2nnc3cc(C)c4cccc(C)c4n23)o1. The molecule has 0 fully saturated rings. The first-order chi connectivity index (χ1) is 13.1. The number of ether oxygens (including phenoxy) is 1. The van der Waals surface area contributed by atoms with Crippen LogP contribution in [0.1, 0.15) is 34.4 Å². The van der Waals surface area contributed by atoms with Crippen LogP contribution in [0.4, 0.5) is 0 Å². The number of aromatic nitrogens is 3. The summed E-state index contributed by atoms with van der Waals surface area (Å²) in [5.41, 5.74) is 4.29. The highest BCUT2D eigenvalue weighted by molar-refractivity contribution is 7.98. The maximum atomic E-state index is 11.7. The van der Waals surface area contributed by atoms with Gasteiger partial charge in [0.1, 0.15) is 5.76 Å². The average Bonchev–Trinajstić information content (AvgIpc) is 3.27. The molecule has 3 heterocycles. The number of benzene rings is 1. The summed E-state index contributed by atoms with van der Waals surface area (Å²) in [6, 6.07) is 11.7. The van der Waals surface area contributed by atoms with Gasteiger partial charge in [0.25, 0.3) is 0 Å². The first-order valence-corrected chi connectivity index (χ1v) is 9.69. The highest BCUT2D eigenvalue weighted by atomic mass is 32.2. The number of nitrogens with zero attached hydrogens (tertiary/aromatic N) is 3. The Morgan fingerprint density at radius 3 is 2.85 bits per heavy atom. The molecule has 4 rings (SSSR count). The smallest absolute Gasteiger partial charge is 0.374 e. The molecule has 138 valence electrons. The predicted molar refractivity (Wildman–Crippen MR) is 104 cm³/mol. The van der Waals surface area contributed by atoms with E-state index in [2.05, 4.69) is 46.6 Å². The molecule has 0 unspecified atom stereocenters. The summed E-state index contributed by atoms with van der Waals surface area (Å²) in [5.74, 6) is 1.00. The van der Waals surface area contributed by atoms with Gasteiger partial charge in [-0.15, -0.1) is 10.2 Å². The van der Waals surface area contributed by atoms with E-state index in [4.69, 9.17) is 9.15 Å². The van der Waals surface area contributed by atoms with E-state index < -0.39 is 5.97 Å². The zero-order valence-electron chi connectivity index (χ0n) is 15.4. The van der Waals surface area contributed by atoms with Crippen molar-refractivity contribution in [3.63, 3.8) is 0 Å². The van der Waals surface area contributed by atoms with Crippen LogP contribution >= 0.6 is 11.8 Å². The number of carbonyl (C=O) groups is 1. The summed E-state index contributed by atoms with van der Waals surface area (Å²) in [5, 5.41) is 10.7. The second kappa shape index (κ2) is 7.08. The van der Waals surface area contributed by atoms with Gasteiger partial charge in [-0.3, -0.25) is 4.40 Å². The molecule has 3 aromatic heterocycles. The number of aryl methyl sites for hydroxylation is 2. The molecule has 7 heteroatoms. The molecule has 0 N–H and O–H groups in total. The summed E-state index contributed by atoms with van der Waals surface area (Å²) in [6.07, 6.45) is 0. The Morgan fingerprint density at radius 1 is 1.19 bits per heavy atom. The number of rotatable bonds is 5. The molecule has 0 aliphatic rings. The average molecular weight is 381 g/mol. The van der Waals surface area contributed by atoms with Crippen LogP contribution < -0.4 is 0 Å². The van der Waals surface area contributed by atoms with E-state index in [0.717, 1.165) is 16.3 Å². The topological polar surface area (TPSA) is 69.6 Å². The Labute approximate surface area is 160 Å². The lowest BCUT2D eigenvalue weighted by Crippen LogP contribution is -2.02. The lowest BCUT2D eigenvalue weighted by molar-refractivity contribution is 0.0488. The molecular formula is C20H19N3O3S. The standard InChI is InChI=1S/C20H19N3O3S/c1-4-25-19(24)16-9-8-14(26-16)11-27-20-22-21-17-10-13(3)15-7-5-6-12(2)18(15)23(17)20/h5-10H,4,11H2,1-3H3.